The Bertz CT molecular complexity index is 1130. The molecule has 0 fully saturated rings. The molecule has 158 valence electrons. The summed E-state index contributed by atoms with van der Waals surface area (Å²) in [5.74, 6) is -0.567. The third-order valence-electron chi connectivity index (χ3n) is 4.15. The fourth-order valence-electron chi connectivity index (χ4n) is 2.80. The van der Waals surface area contributed by atoms with Gasteiger partial charge in [-0.25, -0.2) is 16.8 Å². The maximum atomic E-state index is 12.6. The molecule has 10 heteroatoms. The molecule has 0 saturated heterocycles. The van der Waals surface area contributed by atoms with Crippen molar-refractivity contribution < 1.29 is 16.8 Å². The van der Waals surface area contributed by atoms with Crippen molar-refractivity contribution in [3.05, 3.63) is 83.9 Å². The molecule has 0 aliphatic heterocycles. The van der Waals surface area contributed by atoms with Gasteiger partial charge in [0.05, 0.1) is 34.3 Å². The lowest BCUT2D eigenvalue weighted by Crippen LogP contribution is -2.20. The molecular weight excluding hydrogens is 424 g/mol. The summed E-state index contributed by atoms with van der Waals surface area (Å²) in [5.41, 5.74) is 13.0. The van der Waals surface area contributed by atoms with Gasteiger partial charge < -0.3 is 11.5 Å². The average molecular weight is 447 g/mol. The fourth-order valence-corrected chi connectivity index (χ4v) is 5.21. The molecule has 3 rings (SSSR count). The number of benzene rings is 3. The summed E-state index contributed by atoms with van der Waals surface area (Å²) < 4.78 is 55.3. The summed E-state index contributed by atoms with van der Waals surface area (Å²) in [7, 11) is -7.67. The highest BCUT2D eigenvalue weighted by atomic mass is 32.2. The minimum atomic E-state index is -3.84. The van der Waals surface area contributed by atoms with Gasteiger partial charge in [0.25, 0.3) is 0 Å². The summed E-state index contributed by atoms with van der Waals surface area (Å²) >= 11 is 0. The molecule has 0 atom stereocenters. The maximum Gasteiger partial charge on any atom is 0.236 e. The van der Waals surface area contributed by atoms with Crippen molar-refractivity contribution in [3.8, 4) is 0 Å². The van der Waals surface area contributed by atoms with Crippen molar-refractivity contribution in [1.82, 2.24) is 0 Å². The lowest BCUT2D eigenvalue weighted by molar-refractivity contribution is 0.598. The van der Waals surface area contributed by atoms with Gasteiger partial charge in [0, 0.05) is 0 Å². The topological polar surface area (TPSA) is 144 Å². The first kappa shape index (κ1) is 21.5. The van der Waals surface area contributed by atoms with Gasteiger partial charge in [0.1, 0.15) is 0 Å². The van der Waals surface area contributed by atoms with Gasteiger partial charge in [0.2, 0.25) is 20.0 Å². The van der Waals surface area contributed by atoms with Gasteiger partial charge in [-0.2, -0.15) is 0 Å². The second-order valence-corrected chi connectivity index (χ2v) is 10.2. The monoisotopic (exact) mass is 446 g/mol. The highest BCUT2D eigenvalue weighted by Gasteiger charge is 2.19. The minimum absolute atomic E-state index is 0.00531. The molecule has 0 amide bonds. The van der Waals surface area contributed by atoms with Gasteiger partial charge in [-0.05, 0) is 23.3 Å². The zero-order valence-electron chi connectivity index (χ0n) is 15.9. The van der Waals surface area contributed by atoms with E-state index in [0.717, 1.165) is 0 Å². The molecule has 0 radical (unpaired) electrons. The van der Waals surface area contributed by atoms with Crippen LogP contribution in [0.1, 0.15) is 11.1 Å². The fraction of sp³-hybridized carbons (Fsp3) is 0.100. The lowest BCUT2D eigenvalue weighted by atomic mass is 10.2. The number of hydrogen-bond donors (Lipinski definition) is 4. The van der Waals surface area contributed by atoms with Crippen LogP contribution in [0.5, 0.6) is 0 Å². The first-order valence-corrected chi connectivity index (χ1v) is 12.2. The summed E-state index contributed by atoms with van der Waals surface area (Å²) in [5, 5.41) is 0. The SMILES string of the molecule is Nc1cc(NS(=O)(=O)Cc2ccccc2)c(NS(=O)(=O)Cc2ccccc2)cc1N. The van der Waals surface area contributed by atoms with Crippen LogP contribution in [0.4, 0.5) is 22.7 Å². The Kier molecular flexibility index (Phi) is 6.18. The second kappa shape index (κ2) is 8.64. The van der Waals surface area contributed by atoms with Crippen molar-refractivity contribution in [2.45, 2.75) is 11.5 Å². The van der Waals surface area contributed by atoms with Crippen LogP contribution in [0.3, 0.4) is 0 Å². The van der Waals surface area contributed by atoms with Crippen LogP contribution in [-0.4, -0.2) is 16.8 Å². The van der Waals surface area contributed by atoms with E-state index in [1.54, 1.807) is 60.7 Å². The smallest absolute Gasteiger partial charge is 0.236 e. The van der Waals surface area contributed by atoms with E-state index >= 15 is 0 Å². The summed E-state index contributed by atoms with van der Waals surface area (Å²) in [6, 6.07) is 19.8. The molecular formula is C20H22N4O4S2. The zero-order chi connectivity index (χ0) is 21.8. The highest BCUT2D eigenvalue weighted by molar-refractivity contribution is 7.92. The normalized spacial score (nSPS) is 11.7. The van der Waals surface area contributed by atoms with Gasteiger partial charge >= 0.3 is 0 Å². The molecule has 0 aliphatic carbocycles. The largest absolute Gasteiger partial charge is 0.397 e. The molecule has 0 spiro atoms. The molecule has 0 bridgehead atoms. The van der Waals surface area contributed by atoms with Gasteiger partial charge in [0.15, 0.2) is 0 Å². The standard InChI is InChI=1S/C20H22N4O4S2/c21-17-11-19(23-29(25,26)13-15-7-3-1-4-8-15)20(12-18(17)22)24-30(27,28)14-16-9-5-2-6-10-16/h1-12,23-24H,13-14,21-22H2. The maximum absolute atomic E-state index is 12.6. The van der Waals surface area contributed by atoms with E-state index in [1.165, 1.54) is 12.1 Å². The van der Waals surface area contributed by atoms with E-state index in [9.17, 15) is 16.8 Å². The van der Waals surface area contributed by atoms with Gasteiger partial charge in [-0.1, -0.05) is 60.7 Å². The van der Waals surface area contributed by atoms with Crippen molar-refractivity contribution in [1.29, 1.82) is 0 Å². The van der Waals surface area contributed by atoms with E-state index in [0.29, 0.717) is 11.1 Å². The van der Waals surface area contributed by atoms with Crippen LogP contribution in [0, 0.1) is 0 Å². The molecule has 6 N–H and O–H groups in total. The van der Waals surface area contributed by atoms with Crippen LogP contribution < -0.4 is 20.9 Å². The summed E-state index contributed by atoms with van der Waals surface area (Å²) in [6.45, 7) is 0. The van der Waals surface area contributed by atoms with Crippen LogP contribution in [0.15, 0.2) is 72.8 Å². The number of nitrogen functional groups attached to an aromatic ring is 2. The van der Waals surface area contributed by atoms with Crippen molar-refractivity contribution in [2.75, 3.05) is 20.9 Å². The zero-order valence-corrected chi connectivity index (χ0v) is 17.6. The van der Waals surface area contributed by atoms with Gasteiger partial charge in [-0.15, -0.1) is 0 Å². The van der Waals surface area contributed by atoms with E-state index in [2.05, 4.69) is 9.44 Å². The molecule has 0 unspecified atom stereocenters. The number of nitrogens with one attached hydrogen (secondary N) is 2. The minimum Gasteiger partial charge on any atom is -0.397 e. The average Bonchev–Trinajstić information content (AvgIpc) is 2.66. The first-order valence-electron chi connectivity index (χ1n) is 8.91. The molecule has 0 heterocycles. The number of nitrogens with two attached hydrogens (primary N) is 2. The lowest BCUT2D eigenvalue weighted by Gasteiger charge is -2.16. The van der Waals surface area contributed by atoms with Crippen LogP contribution in [-0.2, 0) is 31.6 Å². The number of rotatable bonds is 8. The summed E-state index contributed by atoms with van der Waals surface area (Å²) in [4.78, 5) is 0. The molecule has 0 aromatic heterocycles. The predicted octanol–water partition coefficient (Wildman–Crippen LogP) is 2.73. The first-order chi connectivity index (χ1) is 14.1. The Hall–Kier alpha value is -3.24. The molecule has 3 aromatic rings. The van der Waals surface area contributed by atoms with Crippen LogP contribution in [0.25, 0.3) is 0 Å². The quantitative estimate of drug-likeness (QED) is 0.392. The predicted molar refractivity (Wildman–Crippen MR) is 121 cm³/mol. The van der Waals surface area contributed by atoms with Crippen molar-refractivity contribution in [2.24, 2.45) is 0 Å². The van der Waals surface area contributed by atoms with Gasteiger partial charge in [-0.3, -0.25) is 9.44 Å². The Morgan fingerprint density at radius 3 is 1.27 bits per heavy atom. The number of sulfonamides is 2. The molecule has 0 aliphatic rings. The molecule has 8 nitrogen and oxygen atoms in total. The van der Waals surface area contributed by atoms with Crippen LogP contribution >= 0.6 is 0 Å². The van der Waals surface area contributed by atoms with Crippen molar-refractivity contribution >= 4 is 42.8 Å². The third-order valence-corrected chi connectivity index (χ3v) is 6.64. The molecule has 0 saturated carbocycles. The summed E-state index contributed by atoms with van der Waals surface area (Å²) in [6.07, 6.45) is 0. The number of hydrogen-bond acceptors (Lipinski definition) is 6. The highest BCUT2D eigenvalue weighted by Crippen LogP contribution is 2.32. The van der Waals surface area contributed by atoms with Crippen LogP contribution in [0.2, 0.25) is 0 Å². The second-order valence-electron chi connectivity index (χ2n) is 6.72. The van der Waals surface area contributed by atoms with E-state index in [-0.39, 0.29) is 34.3 Å². The molecule has 3 aromatic carbocycles. The number of anilines is 4. The van der Waals surface area contributed by atoms with Crippen molar-refractivity contribution in [3.63, 3.8) is 0 Å². The van der Waals surface area contributed by atoms with E-state index in [4.69, 9.17) is 11.5 Å². The Morgan fingerprint density at radius 2 is 0.933 bits per heavy atom. The Morgan fingerprint density at radius 1 is 0.600 bits per heavy atom. The molecule has 30 heavy (non-hydrogen) atoms. The third kappa shape index (κ3) is 5.88. The van der Waals surface area contributed by atoms with E-state index < -0.39 is 20.0 Å². The van der Waals surface area contributed by atoms with E-state index in [1.807, 2.05) is 0 Å². The Balaban J connectivity index is 1.87. The Labute approximate surface area is 176 Å².